The fourth-order valence-corrected chi connectivity index (χ4v) is 3.60. The third-order valence-electron chi connectivity index (χ3n) is 4.90. The van der Waals surface area contributed by atoms with Gasteiger partial charge in [0.05, 0.1) is 23.2 Å². The monoisotopic (exact) mass is 425 g/mol. The molecule has 1 aliphatic rings. The van der Waals surface area contributed by atoms with Crippen LogP contribution in [0.5, 0.6) is 0 Å². The van der Waals surface area contributed by atoms with Gasteiger partial charge in [-0.2, -0.15) is 18.3 Å². The van der Waals surface area contributed by atoms with Crippen LogP contribution in [-0.2, 0) is 12.6 Å². The molecule has 1 atom stereocenters. The topological polar surface area (TPSA) is 88.1 Å². The molecule has 8 nitrogen and oxygen atoms in total. The summed E-state index contributed by atoms with van der Waals surface area (Å²) in [6.45, 7) is 0.231. The number of hydrogen-bond acceptors (Lipinski definition) is 6. The van der Waals surface area contributed by atoms with Crippen molar-refractivity contribution in [1.82, 2.24) is 29.8 Å². The van der Waals surface area contributed by atoms with Crippen molar-refractivity contribution < 1.29 is 26.4 Å². The number of aromatic nitrogens is 6. The van der Waals surface area contributed by atoms with E-state index in [2.05, 4.69) is 25.3 Å². The summed E-state index contributed by atoms with van der Waals surface area (Å²) in [4.78, 5) is 8.69. The lowest BCUT2D eigenvalue weighted by Gasteiger charge is -2.32. The maximum atomic E-state index is 13.4. The van der Waals surface area contributed by atoms with Gasteiger partial charge in [0.2, 0.25) is 0 Å². The average molecular weight is 425 g/mol. The number of alkyl halides is 5. The Morgan fingerprint density at radius 2 is 2.07 bits per heavy atom. The Morgan fingerprint density at radius 1 is 1.23 bits per heavy atom. The predicted octanol–water partition coefficient (Wildman–Crippen LogP) is 3.55. The lowest BCUT2D eigenvalue weighted by molar-refractivity contribution is -0.157. The molecule has 5 rings (SSSR count). The minimum atomic E-state index is -4.79. The zero-order chi connectivity index (χ0) is 21.0. The SMILES string of the molecule is FC(F)c1cccn2nc([C@@H]3c4nc[nH]c4CCN3c3nnc(C(F)(F)F)o3)cc12. The Morgan fingerprint density at radius 3 is 2.80 bits per heavy atom. The van der Waals surface area contributed by atoms with Crippen molar-refractivity contribution in [2.24, 2.45) is 0 Å². The minimum absolute atomic E-state index is 0.187. The van der Waals surface area contributed by atoms with Gasteiger partial charge in [-0.15, -0.1) is 5.10 Å². The number of anilines is 1. The fourth-order valence-electron chi connectivity index (χ4n) is 3.60. The highest BCUT2D eigenvalue weighted by molar-refractivity contribution is 5.58. The molecule has 1 aliphatic heterocycles. The van der Waals surface area contributed by atoms with E-state index in [0.717, 1.165) is 5.69 Å². The van der Waals surface area contributed by atoms with E-state index in [4.69, 9.17) is 4.42 Å². The summed E-state index contributed by atoms with van der Waals surface area (Å²) in [6.07, 6.45) is -4.10. The van der Waals surface area contributed by atoms with Crippen LogP contribution in [0.15, 0.2) is 35.1 Å². The van der Waals surface area contributed by atoms with Gasteiger partial charge in [-0.25, -0.2) is 18.3 Å². The molecule has 0 unspecified atom stereocenters. The Bertz CT molecular complexity index is 1210. The van der Waals surface area contributed by atoms with Gasteiger partial charge in [-0.05, 0) is 18.2 Å². The number of halogens is 5. The molecule has 13 heteroatoms. The second-order valence-electron chi connectivity index (χ2n) is 6.66. The molecule has 0 radical (unpaired) electrons. The van der Waals surface area contributed by atoms with Crippen LogP contribution in [0.2, 0.25) is 0 Å². The highest BCUT2D eigenvalue weighted by Gasteiger charge is 2.41. The highest BCUT2D eigenvalue weighted by atomic mass is 19.4. The Balaban J connectivity index is 1.64. The maximum absolute atomic E-state index is 13.4. The smallest absolute Gasteiger partial charge is 0.399 e. The Hall–Kier alpha value is -3.51. The second-order valence-corrected chi connectivity index (χ2v) is 6.66. The van der Waals surface area contributed by atoms with Crippen LogP contribution in [-0.4, -0.2) is 36.3 Å². The standard InChI is InChI=1S/C17H12F5N7O/c18-14(19)8-2-1-4-29-11(8)6-10(27-29)13-12-9(23-7-24-12)3-5-28(13)16-26-25-15(30-16)17(20,21)22/h1-2,4,6-7,13-14H,3,5H2,(H,23,24)/t13-/m1/s1. The molecular formula is C17H12F5N7O. The summed E-state index contributed by atoms with van der Waals surface area (Å²) in [7, 11) is 0. The zero-order valence-corrected chi connectivity index (χ0v) is 14.9. The van der Waals surface area contributed by atoms with Gasteiger partial charge >= 0.3 is 18.1 Å². The quantitative estimate of drug-likeness (QED) is 0.505. The summed E-state index contributed by atoms with van der Waals surface area (Å²) in [5.41, 5.74) is 1.54. The fraction of sp³-hybridized carbons (Fsp3) is 0.294. The summed E-state index contributed by atoms with van der Waals surface area (Å²) in [6, 6.07) is 3.04. The van der Waals surface area contributed by atoms with Crippen molar-refractivity contribution in [3.8, 4) is 0 Å². The molecule has 30 heavy (non-hydrogen) atoms. The first-order chi connectivity index (χ1) is 14.3. The number of aromatic amines is 1. The van der Waals surface area contributed by atoms with Gasteiger partial charge in [0.15, 0.2) is 0 Å². The van der Waals surface area contributed by atoms with Gasteiger partial charge in [0.1, 0.15) is 6.04 Å². The third-order valence-corrected chi connectivity index (χ3v) is 4.90. The van der Waals surface area contributed by atoms with E-state index < -0.39 is 24.5 Å². The van der Waals surface area contributed by atoms with Gasteiger partial charge in [0.25, 0.3) is 6.43 Å². The summed E-state index contributed by atoms with van der Waals surface area (Å²) >= 11 is 0. The highest BCUT2D eigenvalue weighted by Crippen LogP contribution is 2.38. The Labute approximate surface area is 164 Å². The van der Waals surface area contributed by atoms with E-state index in [-0.39, 0.29) is 23.6 Å². The van der Waals surface area contributed by atoms with Crippen LogP contribution in [0, 0.1) is 0 Å². The number of nitrogens with zero attached hydrogens (tertiary/aromatic N) is 6. The molecule has 4 aromatic heterocycles. The van der Waals surface area contributed by atoms with Crippen molar-refractivity contribution >= 4 is 11.5 Å². The molecular weight excluding hydrogens is 413 g/mol. The lowest BCUT2D eigenvalue weighted by atomic mass is 10.00. The molecule has 0 amide bonds. The first kappa shape index (κ1) is 18.5. The average Bonchev–Trinajstić information content (AvgIpc) is 3.43. The number of rotatable bonds is 3. The van der Waals surface area contributed by atoms with E-state index in [1.54, 1.807) is 0 Å². The zero-order valence-electron chi connectivity index (χ0n) is 14.9. The largest absolute Gasteiger partial charge is 0.470 e. The van der Waals surface area contributed by atoms with Crippen LogP contribution in [0.25, 0.3) is 5.52 Å². The van der Waals surface area contributed by atoms with Crippen molar-refractivity contribution in [2.75, 3.05) is 11.4 Å². The molecule has 0 saturated heterocycles. The van der Waals surface area contributed by atoms with E-state index in [0.29, 0.717) is 17.8 Å². The molecule has 5 heterocycles. The molecule has 0 spiro atoms. The van der Waals surface area contributed by atoms with Crippen molar-refractivity contribution in [3.63, 3.8) is 0 Å². The predicted molar refractivity (Wildman–Crippen MR) is 90.9 cm³/mol. The first-order valence-corrected chi connectivity index (χ1v) is 8.79. The normalized spacial score (nSPS) is 17.1. The van der Waals surface area contributed by atoms with E-state index in [9.17, 15) is 22.0 Å². The summed E-state index contributed by atoms with van der Waals surface area (Å²) < 4.78 is 71.7. The number of pyridine rings is 1. The number of imidazole rings is 1. The van der Waals surface area contributed by atoms with Gasteiger partial charge in [0, 0.05) is 30.4 Å². The molecule has 0 fully saturated rings. The van der Waals surface area contributed by atoms with E-state index >= 15 is 0 Å². The van der Waals surface area contributed by atoms with Gasteiger partial charge in [-0.1, -0.05) is 5.10 Å². The summed E-state index contributed by atoms with van der Waals surface area (Å²) in [5.74, 6) is -1.47. The maximum Gasteiger partial charge on any atom is 0.470 e. The number of nitrogens with one attached hydrogen (secondary N) is 1. The van der Waals surface area contributed by atoms with Crippen LogP contribution in [0.1, 0.15) is 41.0 Å². The third kappa shape index (κ3) is 2.88. The molecule has 0 bridgehead atoms. The van der Waals surface area contributed by atoms with Crippen molar-refractivity contribution in [2.45, 2.75) is 25.1 Å². The van der Waals surface area contributed by atoms with Gasteiger partial charge < -0.3 is 14.3 Å². The molecule has 0 aliphatic carbocycles. The second kappa shape index (κ2) is 6.50. The molecule has 0 saturated carbocycles. The molecule has 4 aromatic rings. The number of hydrogen-bond donors (Lipinski definition) is 1. The van der Waals surface area contributed by atoms with Crippen LogP contribution in [0.4, 0.5) is 28.0 Å². The van der Waals surface area contributed by atoms with Gasteiger partial charge in [-0.3, -0.25) is 0 Å². The van der Waals surface area contributed by atoms with E-state index in [1.807, 2.05) is 0 Å². The summed E-state index contributed by atoms with van der Waals surface area (Å²) in [5, 5.41) is 11.0. The Kier molecular flexibility index (Phi) is 4.01. The lowest BCUT2D eigenvalue weighted by Crippen LogP contribution is -2.37. The molecule has 156 valence electrons. The minimum Gasteiger partial charge on any atom is -0.399 e. The first-order valence-electron chi connectivity index (χ1n) is 8.79. The van der Waals surface area contributed by atoms with Crippen molar-refractivity contribution in [1.29, 1.82) is 0 Å². The van der Waals surface area contributed by atoms with E-state index in [1.165, 1.54) is 40.1 Å². The van der Waals surface area contributed by atoms with Crippen LogP contribution in [0.3, 0.4) is 0 Å². The van der Waals surface area contributed by atoms with Crippen LogP contribution >= 0.6 is 0 Å². The molecule has 1 N–H and O–H groups in total. The number of H-pyrrole nitrogens is 1. The van der Waals surface area contributed by atoms with Crippen molar-refractivity contribution in [3.05, 3.63) is 59.3 Å². The molecule has 0 aromatic carbocycles. The number of fused-ring (bicyclic) bond motifs is 2. The van der Waals surface area contributed by atoms with Crippen LogP contribution < -0.4 is 4.90 Å².